The third-order valence-electron chi connectivity index (χ3n) is 4.26. The maximum Gasteiger partial charge on any atom is 0.0110 e. The average Bonchev–Trinajstić information content (AvgIpc) is 3.10. The molecule has 1 aliphatic heterocycles. The van der Waals surface area contributed by atoms with E-state index in [4.69, 9.17) is 0 Å². The Hall–Kier alpha value is -0.0800. The molecule has 0 atom stereocenters. The molecule has 0 spiro atoms. The molecule has 0 radical (unpaired) electrons. The van der Waals surface area contributed by atoms with Gasteiger partial charge in [0.1, 0.15) is 0 Å². The van der Waals surface area contributed by atoms with Crippen LogP contribution in [0.1, 0.15) is 52.9 Å². The summed E-state index contributed by atoms with van der Waals surface area (Å²) >= 11 is 0. The van der Waals surface area contributed by atoms with Crippen molar-refractivity contribution >= 4 is 0 Å². The van der Waals surface area contributed by atoms with Gasteiger partial charge in [0, 0.05) is 26.2 Å². The van der Waals surface area contributed by atoms with Crippen molar-refractivity contribution in [1.29, 1.82) is 0 Å². The van der Waals surface area contributed by atoms with E-state index in [2.05, 4.69) is 37.6 Å². The van der Waals surface area contributed by atoms with Crippen LogP contribution in [0.3, 0.4) is 0 Å². The summed E-state index contributed by atoms with van der Waals surface area (Å²) in [4.78, 5) is 5.08. The minimum Gasteiger partial charge on any atom is -0.304 e. The van der Waals surface area contributed by atoms with Crippen molar-refractivity contribution in [1.82, 2.24) is 9.80 Å². The lowest BCUT2D eigenvalue weighted by atomic mass is 9.99. The van der Waals surface area contributed by atoms with Gasteiger partial charge in [0.2, 0.25) is 0 Å². The maximum atomic E-state index is 2.65. The number of piperazine rings is 1. The second-order valence-electron chi connectivity index (χ2n) is 5.96. The summed E-state index contributed by atoms with van der Waals surface area (Å²) in [5, 5.41) is 0. The second kappa shape index (κ2) is 7.38. The van der Waals surface area contributed by atoms with Gasteiger partial charge in [-0.15, -0.1) is 0 Å². The molecule has 2 nitrogen and oxygen atoms in total. The van der Waals surface area contributed by atoms with Crippen LogP contribution < -0.4 is 0 Å². The van der Waals surface area contributed by atoms with Crippen molar-refractivity contribution in [2.45, 2.75) is 52.9 Å². The Balaban J connectivity index is 0.000000437. The highest BCUT2D eigenvalue weighted by Gasteiger charge is 2.40. The van der Waals surface area contributed by atoms with Crippen LogP contribution in [-0.2, 0) is 0 Å². The van der Waals surface area contributed by atoms with Gasteiger partial charge >= 0.3 is 0 Å². The Kier molecular flexibility index (Phi) is 6.50. The molecule has 0 unspecified atom stereocenters. The number of nitrogens with zero attached hydrogens (tertiary/aromatic N) is 2. The van der Waals surface area contributed by atoms with Crippen molar-refractivity contribution < 1.29 is 0 Å². The first-order valence-corrected chi connectivity index (χ1v) is 7.56. The molecule has 1 aliphatic carbocycles. The average molecular weight is 240 g/mol. The fraction of sp³-hybridized carbons (Fsp3) is 1.00. The summed E-state index contributed by atoms with van der Waals surface area (Å²) in [6.45, 7) is 13.1. The van der Waals surface area contributed by atoms with Gasteiger partial charge in [-0.1, -0.05) is 33.6 Å². The predicted octanol–water partition coefficient (Wildman–Crippen LogP) is 3.23. The van der Waals surface area contributed by atoms with Crippen molar-refractivity contribution in [3.63, 3.8) is 0 Å². The highest BCUT2D eigenvalue weighted by atomic mass is 15.2. The van der Waals surface area contributed by atoms with Crippen molar-refractivity contribution in [2.24, 2.45) is 5.41 Å². The van der Waals surface area contributed by atoms with E-state index in [1.54, 1.807) is 0 Å². The van der Waals surface area contributed by atoms with Gasteiger partial charge in [-0.25, -0.2) is 0 Å². The van der Waals surface area contributed by atoms with Gasteiger partial charge in [-0.05, 0) is 38.3 Å². The molecule has 1 saturated heterocycles. The Morgan fingerprint density at radius 3 is 1.88 bits per heavy atom. The summed E-state index contributed by atoms with van der Waals surface area (Å²) in [6.07, 6.45) is 7.10. The van der Waals surface area contributed by atoms with Crippen LogP contribution in [0.2, 0.25) is 0 Å². The van der Waals surface area contributed by atoms with E-state index in [9.17, 15) is 0 Å². The molecule has 0 bridgehead atoms. The van der Waals surface area contributed by atoms with E-state index in [-0.39, 0.29) is 0 Å². The number of likely N-dealkylation sites (N-methyl/N-ethyl adjacent to an activating group) is 1. The van der Waals surface area contributed by atoms with Crippen molar-refractivity contribution in [3.8, 4) is 0 Å². The standard InChI is InChI=1S/C12H24N2.C3H8/c1-3-12(4-5-12)6-7-14-10-8-13(2)9-11-14;1-3-2/h3-11H2,1-2H3;3H2,1-2H3. The Morgan fingerprint density at radius 2 is 1.47 bits per heavy atom. The first kappa shape index (κ1) is 15.0. The molecule has 0 aromatic carbocycles. The fourth-order valence-electron chi connectivity index (χ4n) is 2.42. The van der Waals surface area contributed by atoms with E-state index >= 15 is 0 Å². The molecule has 0 aromatic rings. The van der Waals surface area contributed by atoms with Gasteiger partial charge in [0.15, 0.2) is 0 Å². The van der Waals surface area contributed by atoms with Gasteiger partial charge in [0.25, 0.3) is 0 Å². The lowest BCUT2D eigenvalue weighted by molar-refractivity contribution is 0.144. The zero-order valence-corrected chi connectivity index (χ0v) is 12.5. The molecule has 102 valence electrons. The lowest BCUT2D eigenvalue weighted by Crippen LogP contribution is -2.45. The fourth-order valence-corrected chi connectivity index (χ4v) is 2.42. The predicted molar refractivity (Wildman–Crippen MR) is 76.5 cm³/mol. The highest BCUT2D eigenvalue weighted by molar-refractivity contribution is 4.92. The van der Waals surface area contributed by atoms with Gasteiger partial charge in [-0.2, -0.15) is 0 Å². The topological polar surface area (TPSA) is 6.48 Å². The molecule has 0 amide bonds. The second-order valence-corrected chi connectivity index (χ2v) is 5.96. The summed E-state index contributed by atoms with van der Waals surface area (Å²) in [6, 6.07) is 0. The SMILES string of the molecule is CCC.CCC1(CCN2CCN(C)CC2)CC1. The molecular formula is C15H32N2. The Morgan fingerprint density at radius 1 is 0.941 bits per heavy atom. The zero-order chi connectivity index (χ0) is 12.7. The third-order valence-corrected chi connectivity index (χ3v) is 4.26. The number of hydrogen-bond acceptors (Lipinski definition) is 2. The van der Waals surface area contributed by atoms with Gasteiger partial charge < -0.3 is 9.80 Å². The molecular weight excluding hydrogens is 208 g/mol. The van der Waals surface area contributed by atoms with E-state index in [1.807, 2.05) is 0 Å². The molecule has 1 saturated carbocycles. The molecule has 1 heterocycles. The van der Waals surface area contributed by atoms with Crippen LogP contribution >= 0.6 is 0 Å². The van der Waals surface area contributed by atoms with Crippen LogP contribution in [0.5, 0.6) is 0 Å². The Labute approximate surface area is 108 Å². The largest absolute Gasteiger partial charge is 0.304 e. The summed E-state index contributed by atoms with van der Waals surface area (Å²) in [5.41, 5.74) is 0.781. The minimum atomic E-state index is 0.781. The molecule has 2 aliphatic rings. The molecule has 2 rings (SSSR count). The van der Waals surface area contributed by atoms with Gasteiger partial charge in [0.05, 0.1) is 0 Å². The zero-order valence-electron chi connectivity index (χ0n) is 12.5. The highest BCUT2D eigenvalue weighted by Crippen LogP contribution is 2.51. The minimum absolute atomic E-state index is 0.781. The molecule has 2 fully saturated rings. The number of rotatable bonds is 4. The molecule has 0 N–H and O–H groups in total. The smallest absolute Gasteiger partial charge is 0.0110 e. The summed E-state index contributed by atoms with van der Waals surface area (Å²) < 4.78 is 0. The van der Waals surface area contributed by atoms with Crippen LogP contribution in [0, 0.1) is 5.41 Å². The lowest BCUT2D eigenvalue weighted by Gasteiger charge is -2.33. The van der Waals surface area contributed by atoms with Crippen LogP contribution in [-0.4, -0.2) is 49.6 Å². The summed E-state index contributed by atoms with van der Waals surface area (Å²) in [5.74, 6) is 0. The third kappa shape index (κ3) is 5.39. The first-order valence-electron chi connectivity index (χ1n) is 7.56. The molecule has 2 heteroatoms. The van der Waals surface area contributed by atoms with E-state index in [1.165, 1.54) is 64.8 Å². The quantitative estimate of drug-likeness (QED) is 0.744. The molecule has 17 heavy (non-hydrogen) atoms. The van der Waals surface area contributed by atoms with E-state index in [0.717, 1.165) is 5.41 Å². The van der Waals surface area contributed by atoms with E-state index < -0.39 is 0 Å². The monoisotopic (exact) mass is 240 g/mol. The van der Waals surface area contributed by atoms with Crippen LogP contribution in [0.15, 0.2) is 0 Å². The van der Waals surface area contributed by atoms with Gasteiger partial charge in [-0.3, -0.25) is 0 Å². The maximum absolute atomic E-state index is 2.65. The van der Waals surface area contributed by atoms with E-state index in [0.29, 0.717) is 0 Å². The van der Waals surface area contributed by atoms with Crippen molar-refractivity contribution in [2.75, 3.05) is 39.8 Å². The van der Waals surface area contributed by atoms with Crippen molar-refractivity contribution in [3.05, 3.63) is 0 Å². The summed E-state index contributed by atoms with van der Waals surface area (Å²) in [7, 11) is 2.23. The van der Waals surface area contributed by atoms with Crippen LogP contribution in [0.4, 0.5) is 0 Å². The first-order chi connectivity index (χ1) is 8.15. The van der Waals surface area contributed by atoms with Crippen LogP contribution in [0.25, 0.3) is 0 Å². The Bertz CT molecular complexity index is 191. The normalized spacial score (nSPS) is 24.0. The number of hydrogen-bond donors (Lipinski definition) is 0. The molecule has 0 aromatic heterocycles.